The lowest BCUT2D eigenvalue weighted by Crippen LogP contribution is -2.55. The summed E-state index contributed by atoms with van der Waals surface area (Å²) < 4.78 is 0. The maximum Gasteiger partial charge on any atom is 0.255 e. The molecular weight excluding hydrogens is 160 g/mol. The molecule has 2 atom stereocenters. The number of nitrogens with one attached hydrogen (secondary N) is 1. The maximum absolute atomic E-state index is 11.2. The van der Waals surface area contributed by atoms with Gasteiger partial charge in [-0.2, -0.15) is 0 Å². The number of rotatable bonds is 0. The minimum atomic E-state index is -0.553. The zero-order valence-electron chi connectivity index (χ0n) is 6.14. The summed E-state index contributed by atoms with van der Waals surface area (Å²) in [5.74, 6) is 5.27. The molecule has 2 unspecified atom stereocenters. The van der Waals surface area contributed by atoms with Gasteiger partial charge < -0.3 is 5.73 Å². The molecule has 0 fully saturated rings. The maximum atomic E-state index is 11.2. The SMILES string of the molecule is NC1=NC2C(N=CN2N)C(=O)N1. The average molecular weight is 168 g/mol. The summed E-state index contributed by atoms with van der Waals surface area (Å²) in [5, 5.41) is 3.62. The first-order valence-corrected chi connectivity index (χ1v) is 3.39. The van der Waals surface area contributed by atoms with Crippen molar-refractivity contribution in [3.05, 3.63) is 0 Å². The molecule has 2 rings (SSSR count). The molecule has 0 bridgehead atoms. The quantitative estimate of drug-likeness (QED) is 0.343. The number of amides is 1. The van der Waals surface area contributed by atoms with Crippen LogP contribution in [0.5, 0.6) is 0 Å². The van der Waals surface area contributed by atoms with E-state index in [1.807, 2.05) is 0 Å². The first kappa shape index (κ1) is 7.04. The Kier molecular flexibility index (Phi) is 1.28. The number of guanidine groups is 1. The monoisotopic (exact) mass is 168 g/mol. The van der Waals surface area contributed by atoms with E-state index in [1.165, 1.54) is 11.3 Å². The van der Waals surface area contributed by atoms with Gasteiger partial charge in [0.05, 0.1) is 0 Å². The van der Waals surface area contributed by atoms with E-state index < -0.39 is 12.2 Å². The second kappa shape index (κ2) is 2.18. The lowest BCUT2D eigenvalue weighted by Gasteiger charge is -2.23. The van der Waals surface area contributed by atoms with Gasteiger partial charge >= 0.3 is 0 Å². The van der Waals surface area contributed by atoms with Crippen LogP contribution in [0.2, 0.25) is 0 Å². The second-order valence-corrected chi connectivity index (χ2v) is 2.57. The molecule has 2 aliphatic heterocycles. The van der Waals surface area contributed by atoms with Gasteiger partial charge in [-0.1, -0.05) is 0 Å². The third-order valence-corrected chi connectivity index (χ3v) is 1.74. The van der Waals surface area contributed by atoms with Crippen LogP contribution in [0.15, 0.2) is 9.98 Å². The number of nitrogens with zero attached hydrogens (tertiary/aromatic N) is 3. The molecule has 2 heterocycles. The van der Waals surface area contributed by atoms with Crippen molar-refractivity contribution in [1.29, 1.82) is 0 Å². The third-order valence-electron chi connectivity index (χ3n) is 1.74. The zero-order chi connectivity index (χ0) is 8.72. The number of hydrazine groups is 1. The Morgan fingerprint density at radius 3 is 3.17 bits per heavy atom. The van der Waals surface area contributed by atoms with Crippen LogP contribution in [0.1, 0.15) is 0 Å². The van der Waals surface area contributed by atoms with Crippen molar-refractivity contribution in [3.63, 3.8) is 0 Å². The van der Waals surface area contributed by atoms with Crippen molar-refractivity contribution in [1.82, 2.24) is 10.3 Å². The predicted octanol–water partition coefficient (Wildman–Crippen LogP) is -2.66. The summed E-state index contributed by atoms with van der Waals surface area (Å²) in [7, 11) is 0. The molecular formula is C5H8N6O. The standard InChI is InChI=1S/C5H8N6O/c6-5-9-3-2(4(12)10-5)8-1-11(3)7/h1-3H,7H2,(H3,6,9,10,12). The summed E-state index contributed by atoms with van der Waals surface area (Å²) in [6.07, 6.45) is 0.899. The van der Waals surface area contributed by atoms with Crippen LogP contribution in [0.25, 0.3) is 0 Å². The van der Waals surface area contributed by atoms with Crippen LogP contribution in [-0.4, -0.2) is 35.4 Å². The lowest BCUT2D eigenvalue weighted by molar-refractivity contribution is -0.122. The topological polar surface area (TPSA) is 109 Å². The minimum Gasteiger partial charge on any atom is -0.370 e. The van der Waals surface area contributed by atoms with Crippen molar-refractivity contribution in [2.24, 2.45) is 21.6 Å². The molecule has 7 nitrogen and oxygen atoms in total. The Bertz CT molecular complexity index is 284. The smallest absolute Gasteiger partial charge is 0.255 e. The van der Waals surface area contributed by atoms with Gasteiger partial charge in [-0.05, 0) is 0 Å². The van der Waals surface area contributed by atoms with E-state index in [0.29, 0.717) is 0 Å². The molecule has 0 spiro atoms. The van der Waals surface area contributed by atoms with Crippen LogP contribution in [0.4, 0.5) is 0 Å². The summed E-state index contributed by atoms with van der Waals surface area (Å²) in [6.45, 7) is 0. The van der Waals surface area contributed by atoms with Crippen LogP contribution in [-0.2, 0) is 4.79 Å². The molecule has 0 aromatic heterocycles. The number of carbonyl (C=O) groups is 1. The number of hydrogen-bond donors (Lipinski definition) is 3. The average Bonchev–Trinajstić information content (AvgIpc) is 2.33. The fourth-order valence-corrected chi connectivity index (χ4v) is 1.17. The van der Waals surface area contributed by atoms with Crippen molar-refractivity contribution < 1.29 is 4.79 Å². The highest BCUT2D eigenvalue weighted by Gasteiger charge is 2.38. The van der Waals surface area contributed by atoms with Gasteiger partial charge in [-0.25, -0.2) is 10.8 Å². The van der Waals surface area contributed by atoms with Crippen molar-refractivity contribution in [3.8, 4) is 0 Å². The molecule has 1 amide bonds. The highest BCUT2D eigenvalue weighted by molar-refractivity contribution is 6.02. The molecule has 12 heavy (non-hydrogen) atoms. The minimum absolute atomic E-state index is 0.0854. The number of hydrogen-bond acceptors (Lipinski definition) is 6. The third kappa shape index (κ3) is 0.832. The lowest BCUT2D eigenvalue weighted by atomic mass is 10.2. The second-order valence-electron chi connectivity index (χ2n) is 2.57. The normalized spacial score (nSPS) is 32.9. The van der Waals surface area contributed by atoms with Gasteiger partial charge in [-0.3, -0.25) is 20.1 Å². The largest absolute Gasteiger partial charge is 0.370 e. The van der Waals surface area contributed by atoms with E-state index in [9.17, 15) is 4.79 Å². The van der Waals surface area contributed by atoms with Crippen LogP contribution >= 0.6 is 0 Å². The molecule has 5 N–H and O–H groups in total. The molecule has 7 heteroatoms. The van der Waals surface area contributed by atoms with Gasteiger partial charge in [0.25, 0.3) is 5.91 Å². The molecule has 0 aromatic rings. The first-order chi connectivity index (χ1) is 5.68. The van der Waals surface area contributed by atoms with Gasteiger partial charge in [0, 0.05) is 0 Å². The van der Waals surface area contributed by atoms with Crippen LogP contribution in [0, 0.1) is 0 Å². The highest BCUT2D eigenvalue weighted by atomic mass is 16.2. The van der Waals surface area contributed by atoms with Gasteiger partial charge in [0.15, 0.2) is 18.2 Å². The van der Waals surface area contributed by atoms with Crippen LogP contribution < -0.4 is 16.9 Å². The highest BCUT2D eigenvalue weighted by Crippen LogP contribution is 2.14. The van der Waals surface area contributed by atoms with Crippen molar-refractivity contribution in [2.45, 2.75) is 12.2 Å². The molecule has 0 saturated carbocycles. The summed E-state index contributed by atoms with van der Waals surface area (Å²) >= 11 is 0. The Balaban J connectivity index is 2.32. The van der Waals surface area contributed by atoms with E-state index in [-0.39, 0.29) is 11.9 Å². The van der Waals surface area contributed by atoms with E-state index in [4.69, 9.17) is 11.6 Å². The van der Waals surface area contributed by atoms with Gasteiger partial charge in [0.1, 0.15) is 6.34 Å². The Hall–Kier alpha value is -1.63. The molecule has 0 saturated heterocycles. The molecule has 0 aliphatic carbocycles. The summed E-state index contributed by atoms with van der Waals surface area (Å²) in [6, 6.07) is -0.553. The number of nitrogens with two attached hydrogens (primary N) is 2. The fourth-order valence-electron chi connectivity index (χ4n) is 1.17. The van der Waals surface area contributed by atoms with Crippen molar-refractivity contribution in [2.75, 3.05) is 0 Å². The summed E-state index contributed by atoms with van der Waals surface area (Å²) in [4.78, 5) is 18.9. The van der Waals surface area contributed by atoms with Gasteiger partial charge in [0.2, 0.25) is 0 Å². The van der Waals surface area contributed by atoms with Crippen LogP contribution in [0.3, 0.4) is 0 Å². The molecule has 2 aliphatic rings. The molecule has 0 radical (unpaired) electrons. The number of carbonyl (C=O) groups excluding carboxylic acids is 1. The zero-order valence-corrected chi connectivity index (χ0v) is 6.14. The summed E-state index contributed by atoms with van der Waals surface area (Å²) in [5.41, 5.74) is 5.32. The van der Waals surface area contributed by atoms with Crippen molar-refractivity contribution >= 4 is 18.2 Å². The molecule has 0 aromatic carbocycles. The van der Waals surface area contributed by atoms with E-state index >= 15 is 0 Å². The Morgan fingerprint density at radius 1 is 1.67 bits per heavy atom. The predicted molar refractivity (Wildman–Crippen MR) is 41.9 cm³/mol. The fraction of sp³-hybridized carbons (Fsp3) is 0.400. The van der Waals surface area contributed by atoms with E-state index in [0.717, 1.165) is 0 Å². The van der Waals surface area contributed by atoms with E-state index in [2.05, 4.69) is 15.3 Å². The first-order valence-electron chi connectivity index (χ1n) is 3.39. The molecule has 64 valence electrons. The van der Waals surface area contributed by atoms with E-state index in [1.54, 1.807) is 0 Å². The number of fused-ring (bicyclic) bond motifs is 1. The Labute approximate surface area is 68.1 Å². The number of aliphatic imine (C=N–C) groups is 2. The van der Waals surface area contributed by atoms with Gasteiger partial charge in [-0.15, -0.1) is 0 Å². The Morgan fingerprint density at radius 2 is 2.42 bits per heavy atom.